The van der Waals surface area contributed by atoms with Crippen LogP contribution in [0, 0.1) is 0 Å². The summed E-state index contributed by atoms with van der Waals surface area (Å²) in [6, 6.07) is 9.54. The normalized spacial score (nSPS) is 11.7. The summed E-state index contributed by atoms with van der Waals surface area (Å²) in [5.74, 6) is -0.823. The molecule has 5 aromatic rings. The van der Waals surface area contributed by atoms with Gasteiger partial charge in [-0.25, -0.2) is 4.79 Å². The molecule has 156 valence electrons. The van der Waals surface area contributed by atoms with Crippen molar-refractivity contribution in [2.45, 2.75) is 20.3 Å². The zero-order valence-electron chi connectivity index (χ0n) is 17.0. The van der Waals surface area contributed by atoms with Crippen LogP contribution >= 0.6 is 11.6 Å². The molecule has 0 aliphatic rings. The maximum absolute atomic E-state index is 12.7. The Morgan fingerprint density at radius 1 is 1.03 bits per heavy atom. The van der Waals surface area contributed by atoms with Crippen LogP contribution in [0.4, 0.5) is 0 Å². The van der Waals surface area contributed by atoms with Gasteiger partial charge in [-0.15, -0.1) is 0 Å². The Hall–Kier alpha value is -3.38. The molecule has 0 saturated carbocycles. The fraction of sp³-hybridized carbons (Fsp3) is 0.208. The smallest absolute Gasteiger partial charge is 0.340 e. The van der Waals surface area contributed by atoms with Gasteiger partial charge in [0.05, 0.1) is 41.3 Å². The number of halogens is 1. The van der Waals surface area contributed by atoms with Crippen LogP contribution in [-0.4, -0.2) is 35.1 Å². The first-order valence-electron chi connectivity index (χ1n) is 10.1. The molecule has 5 rings (SSSR count). The number of H-pyrrole nitrogens is 1. The van der Waals surface area contributed by atoms with E-state index in [9.17, 15) is 9.59 Å². The van der Waals surface area contributed by atoms with Gasteiger partial charge in [-0.2, -0.15) is 0 Å². The molecule has 0 atom stereocenters. The Balaban J connectivity index is 1.98. The highest BCUT2D eigenvalue weighted by atomic mass is 35.5. The molecule has 0 radical (unpaired) electrons. The largest absolute Gasteiger partial charge is 0.466 e. The molecule has 0 fully saturated rings. The van der Waals surface area contributed by atoms with Crippen LogP contribution in [0.25, 0.3) is 43.4 Å². The molecule has 0 aliphatic carbocycles. The van der Waals surface area contributed by atoms with E-state index in [-0.39, 0.29) is 19.0 Å². The Bertz CT molecular complexity index is 1480. The summed E-state index contributed by atoms with van der Waals surface area (Å²) >= 11 is 6.72. The lowest BCUT2D eigenvalue weighted by Gasteiger charge is -2.13. The minimum absolute atomic E-state index is 0.0448. The molecule has 0 spiro atoms. The number of aromatic nitrogens is 2. The lowest BCUT2D eigenvalue weighted by molar-refractivity contribution is -0.142. The molecule has 0 amide bonds. The predicted octanol–water partition coefficient (Wildman–Crippen LogP) is 5.40. The standard InChI is InChI=1S/C24H19ClN2O4/c1-3-30-17(28)11-16-19-13-7-5-6-12-8-9-26-23(18(12)13)20-15(25)10-14(24(29)31-4-2)22(27-16)21(19)20/h5-10,27H,3-4,11H2,1-2H3. The number of carbonyl (C=O) groups excluding carboxylic acids is 2. The molecule has 7 heteroatoms. The number of rotatable bonds is 5. The number of fused-ring (bicyclic) bond motifs is 2. The minimum atomic E-state index is -0.475. The van der Waals surface area contributed by atoms with Crippen LogP contribution in [0.5, 0.6) is 0 Å². The number of carbonyl (C=O) groups is 2. The number of ether oxygens (including phenoxy) is 2. The van der Waals surface area contributed by atoms with E-state index in [1.165, 1.54) is 0 Å². The Morgan fingerprint density at radius 2 is 1.84 bits per heavy atom. The highest BCUT2D eigenvalue weighted by Gasteiger charge is 2.25. The van der Waals surface area contributed by atoms with E-state index in [1.807, 2.05) is 24.3 Å². The van der Waals surface area contributed by atoms with Crippen LogP contribution < -0.4 is 0 Å². The molecule has 0 saturated heterocycles. The summed E-state index contributed by atoms with van der Waals surface area (Å²) < 4.78 is 10.4. The van der Waals surface area contributed by atoms with Gasteiger partial charge in [0.25, 0.3) is 0 Å². The van der Waals surface area contributed by atoms with Crippen LogP contribution in [0.15, 0.2) is 36.5 Å². The van der Waals surface area contributed by atoms with Gasteiger partial charge in [0.1, 0.15) is 0 Å². The molecule has 31 heavy (non-hydrogen) atoms. The molecule has 6 nitrogen and oxygen atoms in total. The number of hydrogen-bond donors (Lipinski definition) is 1. The molecule has 1 N–H and O–H groups in total. The van der Waals surface area contributed by atoms with Gasteiger partial charge >= 0.3 is 11.9 Å². The third-order valence-corrected chi connectivity index (χ3v) is 5.82. The maximum Gasteiger partial charge on any atom is 0.340 e. The number of nitrogens with zero attached hydrogens (tertiary/aromatic N) is 1. The fourth-order valence-electron chi connectivity index (χ4n) is 4.41. The third-order valence-electron chi connectivity index (χ3n) is 5.53. The second-order valence-corrected chi connectivity index (χ2v) is 7.68. The second kappa shape index (κ2) is 7.39. The van der Waals surface area contributed by atoms with Crippen LogP contribution in [0.2, 0.25) is 5.02 Å². The van der Waals surface area contributed by atoms with Gasteiger partial charge in [0.15, 0.2) is 0 Å². The molecular formula is C24H19ClN2O4. The average molecular weight is 435 g/mol. The molecule has 0 unspecified atom stereocenters. The van der Waals surface area contributed by atoms with Gasteiger partial charge in [-0.1, -0.05) is 29.8 Å². The van der Waals surface area contributed by atoms with Crippen molar-refractivity contribution in [3.05, 3.63) is 52.8 Å². The van der Waals surface area contributed by atoms with Crippen molar-refractivity contribution < 1.29 is 19.1 Å². The summed E-state index contributed by atoms with van der Waals surface area (Å²) in [6.07, 6.45) is 1.79. The quantitative estimate of drug-likeness (QED) is 0.227. The summed E-state index contributed by atoms with van der Waals surface area (Å²) in [5, 5.41) is 5.70. The van der Waals surface area contributed by atoms with Gasteiger partial charge in [0.2, 0.25) is 0 Å². The molecule has 2 aromatic heterocycles. The number of benzene rings is 3. The Labute approximate surface area is 182 Å². The SMILES string of the molecule is CCOC(=O)Cc1[nH]c2c(C(=O)OCC)cc(Cl)c3c4nccc5cccc(c1c23)c54. The third kappa shape index (κ3) is 2.90. The molecule has 2 heterocycles. The summed E-state index contributed by atoms with van der Waals surface area (Å²) in [6.45, 7) is 4.06. The second-order valence-electron chi connectivity index (χ2n) is 7.28. The van der Waals surface area contributed by atoms with E-state index in [1.54, 1.807) is 26.1 Å². The van der Waals surface area contributed by atoms with Gasteiger partial charge < -0.3 is 14.5 Å². The van der Waals surface area contributed by atoms with Crippen molar-refractivity contribution in [2.24, 2.45) is 0 Å². The summed E-state index contributed by atoms with van der Waals surface area (Å²) in [7, 11) is 0. The topological polar surface area (TPSA) is 81.3 Å². The number of aromatic amines is 1. The lowest BCUT2D eigenvalue weighted by atomic mass is 9.93. The van der Waals surface area contributed by atoms with Crippen molar-refractivity contribution in [2.75, 3.05) is 13.2 Å². The van der Waals surface area contributed by atoms with Crippen LogP contribution in [-0.2, 0) is 20.7 Å². The minimum Gasteiger partial charge on any atom is -0.466 e. The predicted molar refractivity (Wildman–Crippen MR) is 121 cm³/mol. The van der Waals surface area contributed by atoms with E-state index < -0.39 is 5.97 Å². The number of nitrogens with one attached hydrogen (secondary N) is 1. The van der Waals surface area contributed by atoms with E-state index in [0.29, 0.717) is 28.4 Å². The van der Waals surface area contributed by atoms with Crippen LogP contribution in [0.3, 0.4) is 0 Å². The van der Waals surface area contributed by atoms with Crippen molar-refractivity contribution in [3.63, 3.8) is 0 Å². The van der Waals surface area contributed by atoms with Gasteiger partial charge in [-0.3, -0.25) is 9.78 Å². The van der Waals surface area contributed by atoms with Crippen molar-refractivity contribution in [3.8, 4) is 0 Å². The summed E-state index contributed by atoms with van der Waals surface area (Å²) in [5.41, 5.74) is 2.34. The lowest BCUT2D eigenvalue weighted by Crippen LogP contribution is -2.08. The first-order valence-corrected chi connectivity index (χ1v) is 10.5. The number of pyridine rings is 1. The van der Waals surface area contributed by atoms with Gasteiger partial charge in [-0.05, 0) is 36.8 Å². The highest BCUT2D eigenvalue weighted by molar-refractivity contribution is 6.44. The molecule has 0 aliphatic heterocycles. The first-order chi connectivity index (χ1) is 15.0. The van der Waals surface area contributed by atoms with Crippen molar-refractivity contribution in [1.29, 1.82) is 0 Å². The fourth-order valence-corrected chi connectivity index (χ4v) is 4.70. The number of hydrogen-bond acceptors (Lipinski definition) is 5. The molecule has 3 aromatic carbocycles. The Morgan fingerprint density at radius 3 is 2.61 bits per heavy atom. The maximum atomic E-state index is 12.7. The zero-order chi connectivity index (χ0) is 21.7. The average Bonchev–Trinajstić information content (AvgIpc) is 3.11. The van der Waals surface area contributed by atoms with Crippen molar-refractivity contribution >= 4 is 66.9 Å². The Kier molecular flexibility index (Phi) is 4.67. The molecular weight excluding hydrogens is 416 g/mol. The van der Waals surface area contributed by atoms with Crippen molar-refractivity contribution in [1.82, 2.24) is 9.97 Å². The van der Waals surface area contributed by atoms with E-state index in [0.717, 1.165) is 37.8 Å². The zero-order valence-corrected chi connectivity index (χ0v) is 17.8. The van der Waals surface area contributed by atoms with E-state index in [4.69, 9.17) is 21.1 Å². The monoisotopic (exact) mass is 434 g/mol. The highest BCUT2D eigenvalue weighted by Crippen LogP contribution is 2.45. The van der Waals surface area contributed by atoms with Gasteiger partial charge in [0, 0.05) is 33.4 Å². The number of esters is 2. The van der Waals surface area contributed by atoms with E-state index >= 15 is 0 Å². The van der Waals surface area contributed by atoms with Crippen LogP contribution in [0.1, 0.15) is 29.9 Å². The van der Waals surface area contributed by atoms with E-state index in [2.05, 4.69) is 9.97 Å². The first kappa shape index (κ1) is 19.6. The molecule has 0 bridgehead atoms. The summed E-state index contributed by atoms with van der Waals surface area (Å²) in [4.78, 5) is 33.0.